The second kappa shape index (κ2) is 4.34. The van der Waals surface area contributed by atoms with E-state index in [4.69, 9.17) is 0 Å². The van der Waals surface area contributed by atoms with Crippen molar-refractivity contribution in [2.24, 2.45) is 0 Å². The van der Waals surface area contributed by atoms with Crippen LogP contribution in [0.1, 0.15) is 12.8 Å². The van der Waals surface area contributed by atoms with Gasteiger partial charge in [-0.2, -0.15) is 9.61 Å². The smallest absolute Gasteiger partial charge is 0.364 e. The third-order valence-corrected chi connectivity index (χ3v) is 4.90. The first kappa shape index (κ1) is 12.2. The molecule has 9 heteroatoms. The summed E-state index contributed by atoms with van der Waals surface area (Å²) in [5.41, 5.74) is 0.0478. The monoisotopic (exact) mass is 283 g/mol. The molecule has 102 valence electrons. The molecule has 0 spiro atoms. The van der Waals surface area contributed by atoms with Gasteiger partial charge in [0, 0.05) is 6.04 Å². The highest BCUT2D eigenvalue weighted by molar-refractivity contribution is 7.91. The van der Waals surface area contributed by atoms with Gasteiger partial charge in [0.15, 0.2) is 5.65 Å². The van der Waals surface area contributed by atoms with Crippen molar-refractivity contribution in [1.29, 1.82) is 0 Å². The molecule has 1 saturated heterocycles. The Labute approximate surface area is 108 Å². The van der Waals surface area contributed by atoms with Gasteiger partial charge >= 0.3 is 5.69 Å². The van der Waals surface area contributed by atoms with Crippen LogP contribution in [0.3, 0.4) is 0 Å². The van der Waals surface area contributed by atoms with Gasteiger partial charge in [-0.05, 0) is 25.0 Å². The van der Waals surface area contributed by atoms with Crippen LogP contribution < -0.4 is 11.0 Å². The first-order valence-corrected chi connectivity index (χ1v) is 7.77. The van der Waals surface area contributed by atoms with Gasteiger partial charge in [0.05, 0.1) is 11.5 Å². The van der Waals surface area contributed by atoms with Crippen LogP contribution in [-0.4, -0.2) is 45.8 Å². The number of aromatic nitrogens is 4. The molecule has 1 fully saturated rings. The lowest BCUT2D eigenvalue weighted by atomic mass is 10.1. The Kier molecular flexibility index (Phi) is 2.77. The highest BCUT2D eigenvalue weighted by Gasteiger charge is 2.23. The summed E-state index contributed by atoms with van der Waals surface area (Å²) in [5, 5.41) is 13.4. The summed E-state index contributed by atoms with van der Waals surface area (Å²) in [7, 11) is -2.87. The Bertz CT molecular complexity index is 749. The van der Waals surface area contributed by atoms with Crippen molar-refractivity contribution in [2.75, 3.05) is 16.8 Å². The van der Waals surface area contributed by atoms with Crippen LogP contribution in [-0.2, 0) is 9.84 Å². The lowest BCUT2D eigenvalue weighted by Crippen LogP contribution is -2.32. The fraction of sp³-hybridized carbons (Fsp3) is 0.500. The number of H-pyrrole nitrogens is 1. The van der Waals surface area contributed by atoms with E-state index in [2.05, 4.69) is 20.6 Å². The van der Waals surface area contributed by atoms with Crippen molar-refractivity contribution in [3.8, 4) is 0 Å². The van der Waals surface area contributed by atoms with Gasteiger partial charge < -0.3 is 5.32 Å². The zero-order chi connectivity index (χ0) is 13.5. The normalized spacial score (nSPS) is 19.6. The molecule has 0 atom stereocenters. The molecule has 0 unspecified atom stereocenters. The number of hydrogen-bond donors (Lipinski definition) is 2. The average Bonchev–Trinajstić information content (AvgIpc) is 2.74. The molecule has 2 aromatic rings. The van der Waals surface area contributed by atoms with E-state index in [0.29, 0.717) is 24.3 Å². The molecular formula is C10H13N5O3S. The van der Waals surface area contributed by atoms with Gasteiger partial charge in [-0.15, -0.1) is 5.10 Å². The maximum Gasteiger partial charge on any atom is 0.364 e. The minimum Gasteiger partial charge on any atom is -0.366 e. The maximum atomic E-state index is 11.4. The second-order valence-corrected chi connectivity index (χ2v) is 6.89. The minimum atomic E-state index is -2.87. The molecule has 0 aliphatic carbocycles. The standard InChI is InChI=1S/C10H13N5O3S/c16-10-13-12-9-2-1-8(14-15(9)10)11-7-3-5-19(17,18)6-4-7/h1-2,7H,3-6H2,(H,11,14)(H,13,16). The average molecular weight is 283 g/mol. The largest absolute Gasteiger partial charge is 0.366 e. The minimum absolute atomic E-state index is 0.0658. The van der Waals surface area contributed by atoms with Crippen molar-refractivity contribution in [1.82, 2.24) is 19.8 Å². The lowest BCUT2D eigenvalue weighted by Gasteiger charge is -2.23. The van der Waals surface area contributed by atoms with Crippen molar-refractivity contribution < 1.29 is 8.42 Å². The third-order valence-electron chi connectivity index (χ3n) is 3.18. The number of aromatic amines is 1. The number of nitrogens with one attached hydrogen (secondary N) is 2. The van der Waals surface area contributed by atoms with E-state index >= 15 is 0 Å². The van der Waals surface area contributed by atoms with Gasteiger partial charge in [-0.3, -0.25) is 0 Å². The summed E-state index contributed by atoms with van der Waals surface area (Å²) in [6, 6.07) is 3.46. The quantitative estimate of drug-likeness (QED) is 0.762. The summed E-state index contributed by atoms with van der Waals surface area (Å²) >= 11 is 0. The number of rotatable bonds is 2. The van der Waals surface area contributed by atoms with Crippen LogP contribution in [0.2, 0.25) is 0 Å². The van der Waals surface area contributed by atoms with E-state index in [1.54, 1.807) is 12.1 Å². The van der Waals surface area contributed by atoms with Crippen LogP contribution >= 0.6 is 0 Å². The fourth-order valence-electron chi connectivity index (χ4n) is 2.12. The SMILES string of the molecule is O=c1[nH]nc2ccc(NC3CCS(=O)(=O)CC3)nn12. The molecular weight excluding hydrogens is 270 g/mol. The topological polar surface area (TPSA) is 109 Å². The predicted octanol–water partition coefficient (Wildman–Crippen LogP) is -0.593. The van der Waals surface area contributed by atoms with E-state index in [0.717, 1.165) is 0 Å². The van der Waals surface area contributed by atoms with Gasteiger partial charge in [0.1, 0.15) is 15.7 Å². The molecule has 0 aromatic carbocycles. The van der Waals surface area contributed by atoms with E-state index in [9.17, 15) is 13.2 Å². The van der Waals surface area contributed by atoms with E-state index in [1.165, 1.54) is 4.52 Å². The molecule has 19 heavy (non-hydrogen) atoms. The molecule has 1 aliphatic rings. The van der Waals surface area contributed by atoms with Crippen LogP contribution in [0.5, 0.6) is 0 Å². The highest BCUT2D eigenvalue weighted by Crippen LogP contribution is 2.16. The maximum absolute atomic E-state index is 11.4. The molecule has 2 N–H and O–H groups in total. The highest BCUT2D eigenvalue weighted by atomic mass is 32.2. The summed E-state index contributed by atoms with van der Waals surface area (Å²) in [5.74, 6) is 0.928. The first-order chi connectivity index (χ1) is 9.03. The Morgan fingerprint density at radius 1 is 1.32 bits per heavy atom. The summed E-state index contributed by atoms with van der Waals surface area (Å²) in [6.45, 7) is 0. The van der Waals surface area contributed by atoms with Crippen molar-refractivity contribution in [3.63, 3.8) is 0 Å². The number of hydrogen-bond acceptors (Lipinski definition) is 6. The molecule has 0 amide bonds. The van der Waals surface area contributed by atoms with E-state index < -0.39 is 15.5 Å². The Morgan fingerprint density at radius 2 is 2.05 bits per heavy atom. The van der Waals surface area contributed by atoms with Crippen LogP contribution in [0.25, 0.3) is 5.65 Å². The third kappa shape index (κ3) is 2.46. The Balaban J connectivity index is 1.78. The lowest BCUT2D eigenvalue weighted by molar-refractivity contribution is 0.558. The number of anilines is 1. The molecule has 8 nitrogen and oxygen atoms in total. The molecule has 2 aromatic heterocycles. The predicted molar refractivity (Wildman–Crippen MR) is 68.9 cm³/mol. The van der Waals surface area contributed by atoms with Gasteiger partial charge in [-0.1, -0.05) is 0 Å². The number of sulfone groups is 1. The molecule has 1 aliphatic heterocycles. The molecule has 3 heterocycles. The zero-order valence-corrected chi connectivity index (χ0v) is 10.9. The second-order valence-electron chi connectivity index (χ2n) is 4.59. The summed E-state index contributed by atoms with van der Waals surface area (Å²) in [6.07, 6.45) is 1.12. The first-order valence-electron chi connectivity index (χ1n) is 5.95. The van der Waals surface area contributed by atoms with E-state index in [1.807, 2.05) is 0 Å². The Morgan fingerprint density at radius 3 is 2.79 bits per heavy atom. The van der Waals surface area contributed by atoms with E-state index in [-0.39, 0.29) is 17.5 Å². The van der Waals surface area contributed by atoms with Crippen LogP contribution in [0.4, 0.5) is 5.82 Å². The summed E-state index contributed by atoms with van der Waals surface area (Å²) < 4.78 is 23.8. The van der Waals surface area contributed by atoms with Crippen LogP contribution in [0.15, 0.2) is 16.9 Å². The molecule has 0 radical (unpaired) electrons. The van der Waals surface area contributed by atoms with Gasteiger partial charge in [0.25, 0.3) is 0 Å². The Hall–Kier alpha value is -1.90. The van der Waals surface area contributed by atoms with Gasteiger partial charge in [-0.25, -0.2) is 18.3 Å². The fourth-order valence-corrected chi connectivity index (χ4v) is 3.61. The molecule has 0 saturated carbocycles. The zero-order valence-electron chi connectivity index (χ0n) is 10.0. The van der Waals surface area contributed by atoms with Crippen LogP contribution in [0, 0.1) is 0 Å². The van der Waals surface area contributed by atoms with Gasteiger partial charge in [0.2, 0.25) is 0 Å². The van der Waals surface area contributed by atoms with Crippen molar-refractivity contribution >= 4 is 21.3 Å². The summed E-state index contributed by atoms with van der Waals surface area (Å²) in [4.78, 5) is 11.4. The number of fused-ring (bicyclic) bond motifs is 1. The molecule has 0 bridgehead atoms. The molecule has 3 rings (SSSR count). The number of nitrogens with zero attached hydrogens (tertiary/aromatic N) is 3. The van der Waals surface area contributed by atoms with Crippen molar-refractivity contribution in [3.05, 3.63) is 22.6 Å². The van der Waals surface area contributed by atoms with Crippen molar-refractivity contribution in [2.45, 2.75) is 18.9 Å².